The summed E-state index contributed by atoms with van der Waals surface area (Å²) in [4.78, 5) is 4.34. The maximum atomic E-state index is 6.05. The fourth-order valence-corrected chi connectivity index (χ4v) is 2.34. The van der Waals surface area contributed by atoms with Crippen molar-refractivity contribution < 1.29 is 4.74 Å². The second-order valence-electron chi connectivity index (χ2n) is 5.73. The molecule has 114 valence electrons. The molecule has 0 aliphatic heterocycles. The van der Waals surface area contributed by atoms with Gasteiger partial charge < -0.3 is 15.8 Å². The Morgan fingerprint density at radius 3 is 2.71 bits per heavy atom. The number of nitrogens with zero attached hydrogens (tertiary/aromatic N) is 1. The third-order valence-corrected chi connectivity index (χ3v) is 3.72. The molecule has 1 unspecified atom stereocenters. The second kappa shape index (κ2) is 6.76. The minimum absolute atomic E-state index is 0.269. The van der Waals surface area contributed by atoms with Gasteiger partial charge in [0.05, 0.1) is 12.6 Å². The number of fused-ring (bicyclic) bond motifs is 1. The van der Waals surface area contributed by atoms with Crippen molar-refractivity contribution in [3.05, 3.63) is 30.1 Å². The van der Waals surface area contributed by atoms with E-state index in [1.807, 2.05) is 32.2 Å². The topological polar surface area (TPSA) is 60.2 Å². The first-order chi connectivity index (χ1) is 10.0. The van der Waals surface area contributed by atoms with Crippen LogP contribution in [0.15, 0.2) is 24.4 Å². The molecule has 3 N–H and O–H groups in total. The van der Waals surface area contributed by atoms with Gasteiger partial charge in [0, 0.05) is 40.6 Å². The monoisotopic (exact) mass is 287 g/mol. The molecule has 0 saturated carbocycles. The van der Waals surface area contributed by atoms with Gasteiger partial charge in [0.2, 0.25) is 0 Å². The number of anilines is 2. The number of hydrogen-bond donors (Lipinski definition) is 2. The van der Waals surface area contributed by atoms with E-state index >= 15 is 0 Å². The van der Waals surface area contributed by atoms with Crippen LogP contribution in [0.2, 0.25) is 0 Å². The van der Waals surface area contributed by atoms with E-state index in [0.29, 0.717) is 12.5 Å². The standard InChI is InChI=1S/C17H25N3O/c1-5-21-10-17(11(2)3)20-16-7-6-15(18)14-9-19-12(4)8-13(14)16/h6-9,11,17,20H,5,10,18H2,1-4H3. The molecule has 4 heteroatoms. The molecule has 0 amide bonds. The Hall–Kier alpha value is -1.81. The number of benzene rings is 1. The van der Waals surface area contributed by atoms with E-state index in [1.54, 1.807) is 0 Å². The Balaban J connectivity index is 2.36. The molecule has 0 spiro atoms. The van der Waals surface area contributed by atoms with E-state index in [1.165, 1.54) is 0 Å². The Morgan fingerprint density at radius 1 is 1.29 bits per heavy atom. The van der Waals surface area contributed by atoms with Crippen LogP contribution in [0.3, 0.4) is 0 Å². The predicted octanol–water partition coefficient (Wildman–Crippen LogP) is 3.60. The van der Waals surface area contributed by atoms with Crippen LogP contribution >= 0.6 is 0 Å². The Labute approximate surface area is 126 Å². The van der Waals surface area contributed by atoms with Gasteiger partial charge in [-0.25, -0.2) is 0 Å². The second-order valence-corrected chi connectivity index (χ2v) is 5.73. The van der Waals surface area contributed by atoms with E-state index in [-0.39, 0.29) is 6.04 Å². The number of aryl methyl sites for hydroxylation is 1. The van der Waals surface area contributed by atoms with Gasteiger partial charge in [0.1, 0.15) is 0 Å². The maximum absolute atomic E-state index is 6.05. The highest BCUT2D eigenvalue weighted by atomic mass is 16.5. The number of ether oxygens (including phenoxy) is 1. The summed E-state index contributed by atoms with van der Waals surface area (Å²) in [7, 11) is 0. The molecular formula is C17H25N3O. The molecule has 0 aliphatic rings. The molecule has 21 heavy (non-hydrogen) atoms. The molecule has 4 nitrogen and oxygen atoms in total. The molecule has 1 aromatic heterocycles. The van der Waals surface area contributed by atoms with Gasteiger partial charge in [-0.15, -0.1) is 0 Å². The van der Waals surface area contributed by atoms with Crippen molar-refractivity contribution in [1.82, 2.24) is 4.98 Å². The third kappa shape index (κ3) is 3.64. The van der Waals surface area contributed by atoms with Crippen LogP contribution in [0.5, 0.6) is 0 Å². The zero-order valence-corrected chi connectivity index (χ0v) is 13.3. The van der Waals surface area contributed by atoms with Gasteiger partial charge in [-0.2, -0.15) is 0 Å². The van der Waals surface area contributed by atoms with Gasteiger partial charge in [-0.05, 0) is 38.0 Å². The molecule has 2 aromatic rings. The largest absolute Gasteiger partial charge is 0.398 e. The number of rotatable bonds is 6. The quantitative estimate of drug-likeness (QED) is 0.797. The Bertz CT molecular complexity index is 610. The minimum Gasteiger partial charge on any atom is -0.398 e. The number of nitrogen functional groups attached to an aromatic ring is 1. The summed E-state index contributed by atoms with van der Waals surface area (Å²) in [5.74, 6) is 0.479. The summed E-state index contributed by atoms with van der Waals surface area (Å²) in [6.45, 7) is 9.84. The zero-order valence-electron chi connectivity index (χ0n) is 13.3. The van der Waals surface area contributed by atoms with E-state index in [4.69, 9.17) is 10.5 Å². The highest BCUT2D eigenvalue weighted by Crippen LogP contribution is 2.29. The molecule has 0 saturated heterocycles. The zero-order chi connectivity index (χ0) is 15.4. The first kappa shape index (κ1) is 15.6. The van der Waals surface area contributed by atoms with Crippen LogP contribution in [-0.2, 0) is 4.74 Å². The lowest BCUT2D eigenvalue weighted by Crippen LogP contribution is -2.31. The molecule has 1 heterocycles. The minimum atomic E-state index is 0.269. The summed E-state index contributed by atoms with van der Waals surface area (Å²) in [6.07, 6.45) is 1.85. The van der Waals surface area contributed by atoms with Crippen molar-refractivity contribution in [1.29, 1.82) is 0 Å². The van der Waals surface area contributed by atoms with Crippen LogP contribution < -0.4 is 11.1 Å². The average molecular weight is 287 g/mol. The fourth-order valence-electron chi connectivity index (χ4n) is 2.34. The van der Waals surface area contributed by atoms with Gasteiger partial charge in [0.25, 0.3) is 0 Å². The van der Waals surface area contributed by atoms with Crippen LogP contribution in [0.4, 0.5) is 11.4 Å². The molecule has 0 bridgehead atoms. The van der Waals surface area contributed by atoms with Gasteiger partial charge in [0.15, 0.2) is 0 Å². The van der Waals surface area contributed by atoms with Gasteiger partial charge >= 0.3 is 0 Å². The van der Waals surface area contributed by atoms with E-state index < -0.39 is 0 Å². The number of nitrogens with one attached hydrogen (secondary N) is 1. The highest BCUT2D eigenvalue weighted by molar-refractivity contribution is 6.00. The Morgan fingerprint density at radius 2 is 2.05 bits per heavy atom. The molecule has 2 rings (SSSR count). The van der Waals surface area contributed by atoms with Crippen LogP contribution in [0.25, 0.3) is 10.8 Å². The summed E-state index contributed by atoms with van der Waals surface area (Å²) in [6, 6.07) is 6.31. The number of hydrogen-bond acceptors (Lipinski definition) is 4. The van der Waals surface area contributed by atoms with E-state index in [9.17, 15) is 0 Å². The normalized spacial score (nSPS) is 12.8. The average Bonchev–Trinajstić information content (AvgIpc) is 2.45. The van der Waals surface area contributed by atoms with Gasteiger partial charge in [-0.1, -0.05) is 13.8 Å². The van der Waals surface area contributed by atoms with Crippen LogP contribution in [0, 0.1) is 12.8 Å². The fraction of sp³-hybridized carbons (Fsp3) is 0.471. The summed E-state index contributed by atoms with van der Waals surface area (Å²) in [5, 5.41) is 5.71. The number of pyridine rings is 1. The van der Waals surface area contributed by atoms with E-state index in [0.717, 1.165) is 34.4 Å². The third-order valence-electron chi connectivity index (χ3n) is 3.72. The van der Waals surface area contributed by atoms with Gasteiger partial charge in [-0.3, -0.25) is 4.98 Å². The van der Waals surface area contributed by atoms with Crippen LogP contribution in [0.1, 0.15) is 26.5 Å². The van der Waals surface area contributed by atoms with Crippen LogP contribution in [-0.4, -0.2) is 24.2 Å². The van der Waals surface area contributed by atoms with Crippen molar-refractivity contribution in [3.63, 3.8) is 0 Å². The molecular weight excluding hydrogens is 262 g/mol. The molecule has 0 fully saturated rings. The maximum Gasteiger partial charge on any atom is 0.0670 e. The van der Waals surface area contributed by atoms with E-state index in [2.05, 4.69) is 30.2 Å². The summed E-state index contributed by atoms with van der Waals surface area (Å²) >= 11 is 0. The molecule has 0 radical (unpaired) electrons. The SMILES string of the molecule is CCOCC(Nc1ccc(N)c2cnc(C)cc12)C(C)C. The number of aromatic nitrogens is 1. The summed E-state index contributed by atoms with van der Waals surface area (Å²) in [5.41, 5.74) is 8.89. The Kier molecular flexibility index (Phi) is 5.02. The lowest BCUT2D eigenvalue weighted by atomic mass is 10.0. The van der Waals surface area contributed by atoms with Crippen molar-refractivity contribution in [2.45, 2.75) is 33.7 Å². The lowest BCUT2D eigenvalue weighted by Gasteiger charge is -2.24. The van der Waals surface area contributed by atoms with Crippen molar-refractivity contribution in [2.24, 2.45) is 5.92 Å². The number of nitrogens with two attached hydrogens (primary N) is 1. The molecule has 1 atom stereocenters. The van der Waals surface area contributed by atoms with Crippen molar-refractivity contribution in [3.8, 4) is 0 Å². The smallest absolute Gasteiger partial charge is 0.0670 e. The first-order valence-electron chi connectivity index (χ1n) is 7.52. The van der Waals surface area contributed by atoms with Crippen molar-refractivity contribution >= 4 is 22.1 Å². The molecule has 0 aliphatic carbocycles. The first-order valence-corrected chi connectivity index (χ1v) is 7.52. The highest BCUT2D eigenvalue weighted by Gasteiger charge is 2.15. The lowest BCUT2D eigenvalue weighted by molar-refractivity contribution is 0.127. The molecule has 1 aromatic carbocycles. The predicted molar refractivity (Wildman–Crippen MR) is 89.6 cm³/mol. The van der Waals surface area contributed by atoms with Crippen molar-refractivity contribution in [2.75, 3.05) is 24.3 Å². The summed E-state index contributed by atoms with van der Waals surface area (Å²) < 4.78 is 5.59.